The molecule has 0 heterocycles. The second kappa shape index (κ2) is 15.8. The standard InChI is InChI=1S/C36H36O7/c37-35(17-16-33-31-13-5-2-9-28(31)26-29-10-3-6-14-32(29)33)42-24-22-40-20-18-39-19-21-41-23-25-43-36(38)34-15-7-11-27-8-1-4-12-30(27)34/h1-15,26H,16-25H2. The van der Waals surface area contributed by atoms with Crippen LogP contribution in [0, 0.1) is 0 Å². The predicted molar refractivity (Wildman–Crippen MR) is 167 cm³/mol. The van der Waals surface area contributed by atoms with E-state index in [0.29, 0.717) is 58.0 Å². The number of ether oxygens (including phenoxy) is 5. The Morgan fingerprint density at radius 3 is 1.60 bits per heavy atom. The number of hydrogen-bond acceptors (Lipinski definition) is 7. The van der Waals surface area contributed by atoms with Gasteiger partial charge in [0, 0.05) is 6.42 Å². The highest BCUT2D eigenvalue weighted by Gasteiger charge is 2.12. The fraction of sp³-hybridized carbons (Fsp3) is 0.278. The van der Waals surface area contributed by atoms with Gasteiger partial charge in [0.1, 0.15) is 13.2 Å². The summed E-state index contributed by atoms with van der Waals surface area (Å²) in [7, 11) is 0. The Labute approximate surface area is 251 Å². The van der Waals surface area contributed by atoms with Gasteiger partial charge in [-0.1, -0.05) is 84.9 Å². The van der Waals surface area contributed by atoms with Crippen molar-refractivity contribution >= 4 is 44.3 Å². The minimum absolute atomic E-state index is 0.169. The van der Waals surface area contributed by atoms with Gasteiger partial charge >= 0.3 is 11.9 Å². The molecule has 43 heavy (non-hydrogen) atoms. The summed E-state index contributed by atoms with van der Waals surface area (Å²) in [5.74, 6) is -0.602. The van der Waals surface area contributed by atoms with E-state index in [2.05, 4.69) is 30.3 Å². The van der Waals surface area contributed by atoms with Crippen LogP contribution in [0.15, 0.2) is 97.1 Å². The first-order valence-electron chi connectivity index (χ1n) is 14.6. The molecule has 0 radical (unpaired) electrons. The first-order valence-corrected chi connectivity index (χ1v) is 14.6. The van der Waals surface area contributed by atoms with Gasteiger partial charge in [-0.25, -0.2) is 4.79 Å². The van der Waals surface area contributed by atoms with Crippen molar-refractivity contribution in [2.45, 2.75) is 12.8 Å². The molecule has 0 unspecified atom stereocenters. The van der Waals surface area contributed by atoms with E-state index in [1.807, 2.05) is 60.7 Å². The lowest BCUT2D eigenvalue weighted by Crippen LogP contribution is -2.15. The maximum Gasteiger partial charge on any atom is 0.338 e. The molecule has 5 aromatic rings. The molecule has 0 saturated carbocycles. The van der Waals surface area contributed by atoms with E-state index in [0.717, 1.165) is 10.8 Å². The van der Waals surface area contributed by atoms with Gasteiger partial charge in [-0.3, -0.25) is 4.79 Å². The van der Waals surface area contributed by atoms with Crippen LogP contribution < -0.4 is 0 Å². The number of fused-ring (bicyclic) bond motifs is 3. The maximum absolute atomic E-state index is 12.4. The lowest BCUT2D eigenvalue weighted by atomic mass is 9.94. The normalized spacial score (nSPS) is 11.3. The highest BCUT2D eigenvalue weighted by Crippen LogP contribution is 2.29. The lowest BCUT2D eigenvalue weighted by molar-refractivity contribution is -0.145. The Bertz CT molecular complexity index is 1600. The third-order valence-corrected chi connectivity index (χ3v) is 7.17. The zero-order valence-corrected chi connectivity index (χ0v) is 24.2. The maximum atomic E-state index is 12.4. The van der Waals surface area contributed by atoms with Gasteiger partial charge < -0.3 is 23.7 Å². The molecule has 5 rings (SSSR count). The van der Waals surface area contributed by atoms with Crippen LogP contribution in [0.25, 0.3) is 32.3 Å². The molecule has 0 spiro atoms. The SMILES string of the molecule is O=C(CCc1c2ccccc2cc2ccccc12)OCCOCCOCCOCCOC(=O)c1cccc2ccccc12. The average Bonchev–Trinajstić information content (AvgIpc) is 3.04. The third kappa shape index (κ3) is 8.38. The molecule has 5 aromatic carbocycles. The second-order valence-corrected chi connectivity index (χ2v) is 10.0. The van der Waals surface area contributed by atoms with E-state index in [1.165, 1.54) is 27.1 Å². The molecule has 0 atom stereocenters. The summed E-state index contributed by atoms with van der Waals surface area (Å²) < 4.78 is 27.2. The highest BCUT2D eigenvalue weighted by atomic mass is 16.6. The zero-order chi connectivity index (χ0) is 29.7. The minimum Gasteiger partial charge on any atom is -0.463 e. The molecule has 7 heteroatoms. The average molecular weight is 581 g/mol. The Morgan fingerprint density at radius 1 is 0.488 bits per heavy atom. The van der Waals surface area contributed by atoms with Crippen LogP contribution in [0.3, 0.4) is 0 Å². The number of rotatable bonds is 16. The Balaban J connectivity index is 0.885. The van der Waals surface area contributed by atoms with Crippen LogP contribution >= 0.6 is 0 Å². The van der Waals surface area contributed by atoms with E-state index in [9.17, 15) is 9.59 Å². The summed E-state index contributed by atoms with van der Waals surface area (Å²) in [5.41, 5.74) is 1.72. The lowest BCUT2D eigenvalue weighted by Gasteiger charge is -2.12. The fourth-order valence-electron chi connectivity index (χ4n) is 5.11. The molecule has 0 aromatic heterocycles. The molecule has 0 aliphatic rings. The van der Waals surface area contributed by atoms with Crippen LogP contribution in [0.1, 0.15) is 22.3 Å². The monoisotopic (exact) mass is 580 g/mol. The van der Waals surface area contributed by atoms with Crippen molar-refractivity contribution in [3.63, 3.8) is 0 Å². The Morgan fingerprint density at radius 2 is 0.977 bits per heavy atom. The summed E-state index contributed by atoms with van der Waals surface area (Å²) in [4.78, 5) is 24.8. The van der Waals surface area contributed by atoms with Crippen molar-refractivity contribution in [2.24, 2.45) is 0 Å². The van der Waals surface area contributed by atoms with Crippen molar-refractivity contribution in [3.05, 3.63) is 108 Å². The van der Waals surface area contributed by atoms with Gasteiger partial charge in [0.25, 0.3) is 0 Å². The molecule has 0 aliphatic heterocycles. The molecule has 0 saturated heterocycles. The van der Waals surface area contributed by atoms with Crippen molar-refractivity contribution < 1.29 is 33.3 Å². The van der Waals surface area contributed by atoms with Crippen LogP contribution in [0.2, 0.25) is 0 Å². The summed E-state index contributed by atoms with van der Waals surface area (Å²) in [6, 6.07) is 32.0. The van der Waals surface area contributed by atoms with Crippen molar-refractivity contribution in [2.75, 3.05) is 52.9 Å². The van der Waals surface area contributed by atoms with Crippen LogP contribution in [-0.4, -0.2) is 64.8 Å². The topological polar surface area (TPSA) is 80.3 Å². The number of carbonyl (C=O) groups excluding carboxylic acids is 2. The first-order chi connectivity index (χ1) is 21.2. The smallest absolute Gasteiger partial charge is 0.338 e. The highest BCUT2D eigenvalue weighted by molar-refractivity contribution is 6.04. The number of hydrogen-bond donors (Lipinski definition) is 0. The van der Waals surface area contributed by atoms with E-state index in [1.54, 1.807) is 6.07 Å². The number of esters is 2. The van der Waals surface area contributed by atoms with Gasteiger partial charge in [0.2, 0.25) is 0 Å². The molecule has 0 aliphatic carbocycles. The molecular weight excluding hydrogens is 544 g/mol. The Kier molecular flexibility index (Phi) is 11.1. The van der Waals surface area contributed by atoms with E-state index in [-0.39, 0.29) is 25.2 Å². The summed E-state index contributed by atoms with van der Waals surface area (Å²) in [5, 5.41) is 6.55. The summed E-state index contributed by atoms with van der Waals surface area (Å²) in [6.45, 7) is 2.55. The van der Waals surface area contributed by atoms with Crippen molar-refractivity contribution in [1.29, 1.82) is 0 Å². The molecule has 0 bridgehead atoms. The van der Waals surface area contributed by atoms with E-state index < -0.39 is 0 Å². The third-order valence-electron chi connectivity index (χ3n) is 7.17. The largest absolute Gasteiger partial charge is 0.463 e. The summed E-state index contributed by atoms with van der Waals surface area (Å²) in [6.07, 6.45) is 0.924. The van der Waals surface area contributed by atoms with Gasteiger partial charge in [-0.2, -0.15) is 0 Å². The molecule has 0 fully saturated rings. The van der Waals surface area contributed by atoms with Crippen molar-refractivity contribution in [1.82, 2.24) is 0 Å². The fourth-order valence-corrected chi connectivity index (χ4v) is 5.11. The predicted octanol–water partition coefficient (Wildman–Crippen LogP) is 6.53. The zero-order valence-electron chi connectivity index (χ0n) is 24.2. The Hall–Kier alpha value is -4.30. The van der Waals surface area contributed by atoms with Crippen LogP contribution in [0.5, 0.6) is 0 Å². The van der Waals surface area contributed by atoms with E-state index >= 15 is 0 Å². The molecule has 222 valence electrons. The van der Waals surface area contributed by atoms with Gasteiger partial charge in [0.05, 0.1) is 45.2 Å². The molecule has 0 N–H and O–H groups in total. The summed E-state index contributed by atoms with van der Waals surface area (Å²) >= 11 is 0. The molecule has 7 nitrogen and oxygen atoms in total. The van der Waals surface area contributed by atoms with Gasteiger partial charge in [0.15, 0.2) is 0 Å². The van der Waals surface area contributed by atoms with Gasteiger partial charge in [-0.05, 0) is 56.4 Å². The number of aryl methyl sites for hydroxylation is 1. The van der Waals surface area contributed by atoms with Crippen LogP contribution in [-0.2, 0) is 34.9 Å². The van der Waals surface area contributed by atoms with Crippen molar-refractivity contribution in [3.8, 4) is 0 Å². The number of benzene rings is 5. The minimum atomic E-state index is -0.363. The van der Waals surface area contributed by atoms with E-state index in [4.69, 9.17) is 23.7 Å². The van der Waals surface area contributed by atoms with Gasteiger partial charge in [-0.15, -0.1) is 0 Å². The second-order valence-electron chi connectivity index (χ2n) is 10.0. The molecule has 0 amide bonds. The number of carbonyl (C=O) groups is 2. The van der Waals surface area contributed by atoms with Crippen LogP contribution in [0.4, 0.5) is 0 Å². The first kappa shape index (κ1) is 30.2. The quantitative estimate of drug-likeness (QED) is 0.0746. The molecular formula is C36H36O7.